The van der Waals surface area contributed by atoms with Gasteiger partial charge in [-0.1, -0.05) is 6.07 Å². The Labute approximate surface area is 131 Å². The SMILES string of the molecule is CC(=O)c1ccc(C(=O)Nc2ccc3c(c2F)CCNC3)s1. The van der Waals surface area contributed by atoms with Gasteiger partial charge in [0.25, 0.3) is 5.91 Å². The molecule has 0 atom stereocenters. The second-order valence-electron chi connectivity index (χ2n) is 5.17. The Bertz CT molecular complexity index is 755. The van der Waals surface area contributed by atoms with E-state index in [1.807, 2.05) is 6.07 Å². The molecule has 22 heavy (non-hydrogen) atoms. The summed E-state index contributed by atoms with van der Waals surface area (Å²) in [7, 11) is 0. The summed E-state index contributed by atoms with van der Waals surface area (Å²) in [5.41, 5.74) is 1.77. The van der Waals surface area contributed by atoms with E-state index in [4.69, 9.17) is 0 Å². The number of carbonyl (C=O) groups is 2. The molecule has 0 unspecified atom stereocenters. The lowest BCUT2D eigenvalue weighted by molar-refractivity contribution is 0.101. The lowest BCUT2D eigenvalue weighted by Crippen LogP contribution is -2.25. The smallest absolute Gasteiger partial charge is 0.265 e. The number of benzene rings is 1. The highest BCUT2D eigenvalue weighted by Crippen LogP contribution is 2.26. The van der Waals surface area contributed by atoms with Gasteiger partial charge < -0.3 is 10.6 Å². The number of amides is 1. The number of halogens is 1. The first-order chi connectivity index (χ1) is 10.6. The zero-order chi connectivity index (χ0) is 15.7. The Morgan fingerprint density at radius 2 is 2.00 bits per heavy atom. The molecule has 0 bridgehead atoms. The van der Waals surface area contributed by atoms with Crippen molar-refractivity contribution in [1.82, 2.24) is 5.32 Å². The van der Waals surface area contributed by atoms with Crippen LogP contribution in [0.2, 0.25) is 0 Å². The lowest BCUT2D eigenvalue weighted by atomic mass is 9.99. The van der Waals surface area contributed by atoms with Crippen LogP contribution in [0.1, 0.15) is 37.4 Å². The largest absolute Gasteiger partial charge is 0.319 e. The first-order valence-electron chi connectivity index (χ1n) is 6.99. The molecule has 114 valence electrons. The number of nitrogens with one attached hydrogen (secondary N) is 2. The molecule has 0 saturated carbocycles. The molecular weight excluding hydrogens is 303 g/mol. The standard InChI is InChI=1S/C16H15FN2O2S/c1-9(20)13-4-5-14(22-13)16(21)19-12-3-2-10-8-18-7-6-11(10)15(12)17/h2-5,18H,6-8H2,1H3,(H,19,21). The van der Waals surface area contributed by atoms with Gasteiger partial charge in [0.1, 0.15) is 5.82 Å². The van der Waals surface area contributed by atoms with Gasteiger partial charge in [-0.25, -0.2) is 4.39 Å². The van der Waals surface area contributed by atoms with Crippen molar-refractivity contribution >= 4 is 28.7 Å². The van der Waals surface area contributed by atoms with Gasteiger partial charge in [-0.3, -0.25) is 9.59 Å². The van der Waals surface area contributed by atoms with E-state index in [0.29, 0.717) is 28.3 Å². The molecule has 1 amide bonds. The summed E-state index contributed by atoms with van der Waals surface area (Å²) in [4.78, 5) is 24.4. The summed E-state index contributed by atoms with van der Waals surface area (Å²) in [6.45, 7) is 2.83. The van der Waals surface area contributed by atoms with E-state index in [-0.39, 0.29) is 17.3 Å². The summed E-state index contributed by atoms with van der Waals surface area (Å²) < 4.78 is 14.5. The van der Waals surface area contributed by atoms with Crippen LogP contribution in [0.25, 0.3) is 0 Å². The molecule has 1 aliphatic heterocycles. The van der Waals surface area contributed by atoms with Crippen LogP contribution < -0.4 is 10.6 Å². The fourth-order valence-electron chi connectivity index (χ4n) is 2.46. The van der Waals surface area contributed by atoms with Crippen molar-refractivity contribution in [1.29, 1.82) is 0 Å². The maximum absolute atomic E-state index is 14.5. The number of carbonyl (C=O) groups excluding carboxylic acids is 2. The number of rotatable bonds is 3. The number of anilines is 1. The normalized spacial score (nSPS) is 13.5. The van der Waals surface area contributed by atoms with Crippen LogP contribution >= 0.6 is 11.3 Å². The molecule has 6 heteroatoms. The second-order valence-corrected chi connectivity index (χ2v) is 6.25. The summed E-state index contributed by atoms with van der Waals surface area (Å²) in [5, 5.41) is 5.78. The van der Waals surface area contributed by atoms with Gasteiger partial charge in [-0.2, -0.15) is 0 Å². The third-order valence-electron chi connectivity index (χ3n) is 3.63. The third-order valence-corrected chi connectivity index (χ3v) is 4.82. The minimum absolute atomic E-state index is 0.0866. The lowest BCUT2D eigenvalue weighted by Gasteiger charge is -2.19. The van der Waals surface area contributed by atoms with Crippen molar-refractivity contribution in [2.75, 3.05) is 11.9 Å². The Morgan fingerprint density at radius 1 is 1.23 bits per heavy atom. The Hall–Kier alpha value is -2.05. The van der Waals surface area contributed by atoms with Crippen molar-refractivity contribution in [3.8, 4) is 0 Å². The maximum Gasteiger partial charge on any atom is 0.265 e. The summed E-state index contributed by atoms with van der Waals surface area (Å²) in [6, 6.07) is 6.60. The number of thiophene rings is 1. The summed E-state index contributed by atoms with van der Waals surface area (Å²) >= 11 is 1.11. The highest BCUT2D eigenvalue weighted by Gasteiger charge is 2.18. The molecule has 1 aromatic heterocycles. The van der Waals surface area contributed by atoms with Crippen molar-refractivity contribution in [3.63, 3.8) is 0 Å². The van der Waals surface area contributed by atoms with E-state index in [9.17, 15) is 14.0 Å². The van der Waals surface area contributed by atoms with Gasteiger partial charge in [0, 0.05) is 6.54 Å². The molecule has 1 aliphatic rings. The van der Waals surface area contributed by atoms with E-state index in [1.54, 1.807) is 18.2 Å². The Balaban J connectivity index is 1.83. The molecule has 2 N–H and O–H groups in total. The monoisotopic (exact) mass is 318 g/mol. The second kappa shape index (κ2) is 5.98. The van der Waals surface area contributed by atoms with Crippen molar-refractivity contribution < 1.29 is 14.0 Å². The van der Waals surface area contributed by atoms with Crippen LogP contribution in [0.3, 0.4) is 0 Å². The van der Waals surface area contributed by atoms with Crippen LogP contribution in [0.5, 0.6) is 0 Å². The van der Waals surface area contributed by atoms with E-state index < -0.39 is 5.91 Å². The molecule has 0 aliphatic carbocycles. The quantitative estimate of drug-likeness (QED) is 0.855. The number of ketones is 1. The zero-order valence-electron chi connectivity index (χ0n) is 12.0. The highest BCUT2D eigenvalue weighted by atomic mass is 32.1. The fraction of sp³-hybridized carbons (Fsp3) is 0.250. The van der Waals surface area contributed by atoms with Crippen molar-refractivity contribution in [2.24, 2.45) is 0 Å². The molecule has 4 nitrogen and oxygen atoms in total. The predicted molar refractivity (Wildman–Crippen MR) is 84.1 cm³/mol. The van der Waals surface area contributed by atoms with Gasteiger partial charge in [-0.15, -0.1) is 11.3 Å². The van der Waals surface area contributed by atoms with Gasteiger partial charge in [-0.05, 0) is 49.2 Å². The fourth-order valence-corrected chi connectivity index (χ4v) is 3.26. The van der Waals surface area contributed by atoms with Crippen LogP contribution in [0.15, 0.2) is 24.3 Å². The van der Waals surface area contributed by atoms with E-state index >= 15 is 0 Å². The molecule has 0 saturated heterocycles. The van der Waals surface area contributed by atoms with Crippen molar-refractivity contribution in [2.45, 2.75) is 19.9 Å². The zero-order valence-corrected chi connectivity index (χ0v) is 12.8. The first-order valence-corrected chi connectivity index (χ1v) is 7.81. The van der Waals surface area contributed by atoms with Crippen LogP contribution in [0.4, 0.5) is 10.1 Å². The average molecular weight is 318 g/mol. The van der Waals surface area contributed by atoms with Crippen LogP contribution in [0, 0.1) is 5.82 Å². The molecule has 0 radical (unpaired) electrons. The third kappa shape index (κ3) is 2.80. The molecule has 3 rings (SSSR count). The van der Waals surface area contributed by atoms with Gasteiger partial charge in [0.05, 0.1) is 15.4 Å². The Kier molecular flexibility index (Phi) is 4.04. The molecule has 0 spiro atoms. The minimum Gasteiger partial charge on any atom is -0.319 e. The number of hydrogen-bond acceptors (Lipinski definition) is 4. The summed E-state index contributed by atoms with van der Waals surface area (Å²) in [5.74, 6) is -0.850. The molecular formula is C16H15FN2O2S. The van der Waals surface area contributed by atoms with E-state index in [2.05, 4.69) is 10.6 Å². The van der Waals surface area contributed by atoms with Gasteiger partial charge in [0.15, 0.2) is 5.78 Å². The topological polar surface area (TPSA) is 58.2 Å². The predicted octanol–water partition coefficient (Wildman–Crippen LogP) is 2.99. The summed E-state index contributed by atoms with van der Waals surface area (Å²) in [6.07, 6.45) is 0.609. The van der Waals surface area contributed by atoms with E-state index in [0.717, 1.165) is 23.4 Å². The highest BCUT2D eigenvalue weighted by molar-refractivity contribution is 7.16. The van der Waals surface area contributed by atoms with Crippen molar-refractivity contribution in [3.05, 3.63) is 51.0 Å². The Morgan fingerprint density at radius 3 is 2.73 bits per heavy atom. The number of Topliss-reactive ketones (excluding diaryl/α,β-unsaturated/α-hetero) is 1. The molecule has 2 heterocycles. The first kappa shape index (κ1) is 14.9. The molecule has 1 aromatic carbocycles. The number of fused-ring (bicyclic) bond motifs is 1. The maximum atomic E-state index is 14.5. The van der Waals surface area contributed by atoms with Gasteiger partial charge in [0.2, 0.25) is 0 Å². The van der Waals surface area contributed by atoms with Gasteiger partial charge >= 0.3 is 0 Å². The average Bonchev–Trinajstić information content (AvgIpc) is 3.00. The van der Waals surface area contributed by atoms with Crippen LogP contribution in [-0.4, -0.2) is 18.2 Å². The molecule has 2 aromatic rings. The minimum atomic E-state index is -0.398. The van der Waals surface area contributed by atoms with E-state index in [1.165, 1.54) is 6.92 Å². The molecule has 0 fully saturated rings. The van der Waals surface area contributed by atoms with Crippen LogP contribution in [-0.2, 0) is 13.0 Å². The number of hydrogen-bond donors (Lipinski definition) is 2.